The predicted molar refractivity (Wildman–Crippen MR) is 44.4 cm³/mol. The second-order valence-electron chi connectivity index (χ2n) is 2.91. The van der Waals surface area contributed by atoms with Gasteiger partial charge in [0.05, 0.1) is 11.7 Å². The van der Waals surface area contributed by atoms with Crippen molar-refractivity contribution in [1.82, 2.24) is 10.3 Å². The Labute approximate surface area is 70.8 Å². The molecule has 1 atom stereocenters. The molecule has 0 saturated carbocycles. The number of carbonyl (C=O) groups excluding carboxylic acids is 1. The number of hydrogen-bond acceptors (Lipinski definition) is 2. The lowest BCUT2D eigenvalue weighted by atomic mass is 10.1. The van der Waals surface area contributed by atoms with Gasteiger partial charge in [0.15, 0.2) is 0 Å². The van der Waals surface area contributed by atoms with Gasteiger partial charge in [-0.05, 0) is 18.6 Å². The normalized spacial score (nSPS) is 22.3. The number of amides is 1. The summed E-state index contributed by atoms with van der Waals surface area (Å²) in [6.07, 6.45) is 3.25. The average molecular weight is 162 g/mol. The molecule has 2 heterocycles. The van der Waals surface area contributed by atoms with Crippen molar-refractivity contribution in [3.8, 4) is 0 Å². The number of rotatable bonds is 1. The van der Waals surface area contributed by atoms with E-state index >= 15 is 0 Å². The SMILES string of the molecule is O=C1CC[C@H](c2ccccn2)N1. The number of aromatic nitrogens is 1. The van der Waals surface area contributed by atoms with Crippen LogP contribution in [0.4, 0.5) is 0 Å². The lowest BCUT2D eigenvalue weighted by molar-refractivity contribution is -0.119. The minimum atomic E-state index is 0.130. The second-order valence-corrected chi connectivity index (χ2v) is 2.91. The van der Waals surface area contributed by atoms with Crippen LogP contribution in [0.5, 0.6) is 0 Å². The first-order valence-corrected chi connectivity index (χ1v) is 4.06. The van der Waals surface area contributed by atoms with E-state index in [-0.39, 0.29) is 11.9 Å². The fourth-order valence-electron chi connectivity index (χ4n) is 1.42. The molecule has 1 aromatic heterocycles. The molecule has 1 aliphatic heterocycles. The quantitative estimate of drug-likeness (QED) is 0.670. The van der Waals surface area contributed by atoms with Gasteiger partial charge in [-0.1, -0.05) is 6.07 Å². The summed E-state index contributed by atoms with van der Waals surface area (Å²) in [7, 11) is 0. The van der Waals surface area contributed by atoms with Gasteiger partial charge in [0, 0.05) is 12.6 Å². The van der Waals surface area contributed by atoms with E-state index < -0.39 is 0 Å². The van der Waals surface area contributed by atoms with Crippen LogP contribution in [-0.4, -0.2) is 10.9 Å². The van der Waals surface area contributed by atoms with Crippen LogP contribution in [0.3, 0.4) is 0 Å². The van der Waals surface area contributed by atoms with E-state index in [4.69, 9.17) is 0 Å². The molecule has 0 radical (unpaired) electrons. The lowest BCUT2D eigenvalue weighted by Crippen LogP contribution is -2.18. The van der Waals surface area contributed by atoms with E-state index in [0.717, 1.165) is 12.1 Å². The van der Waals surface area contributed by atoms with Crippen LogP contribution in [0, 0.1) is 0 Å². The maximum Gasteiger partial charge on any atom is 0.220 e. The highest BCUT2D eigenvalue weighted by Crippen LogP contribution is 2.20. The second kappa shape index (κ2) is 2.93. The largest absolute Gasteiger partial charge is 0.348 e. The van der Waals surface area contributed by atoms with Gasteiger partial charge in [-0.15, -0.1) is 0 Å². The van der Waals surface area contributed by atoms with E-state index in [2.05, 4.69) is 10.3 Å². The number of carbonyl (C=O) groups is 1. The standard InChI is InChI=1S/C9H10N2O/c12-9-5-4-8(11-9)7-3-1-2-6-10-7/h1-3,6,8H,4-5H2,(H,11,12)/t8-/m1/s1. The van der Waals surface area contributed by atoms with Crippen LogP contribution in [0.2, 0.25) is 0 Å². The molecule has 3 heteroatoms. The Morgan fingerprint density at radius 2 is 2.42 bits per heavy atom. The van der Waals surface area contributed by atoms with Crippen molar-refractivity contribution >= 4 is 5.91 Å². The van der Waals surface area contributed by atoms with Crippen LogP contribution >= 0.6 is 0 Å². The van der Waals surface area contributed by atoms with Gasteiger partial charge in [-0.3, -0.25) is 9.78 Å². The highest BCUT2D eigenvalue weighted by molar-refractivity contribution is 5.78. The Morgan fingerprint density at radius 1 is 1.50 bits per heavy atom. The highest BCUT2D eigenvalue weighted by atomic mass is 16.1. The molecule has 0 aromatic carbocycles. The zero-order chi connectivity index (χ0) is 8.39. The summed E-state index contributed by atoms with van der Waals surface area (Å²) >= 11 is 0. The highest BCUT2D eigenvalue weighted by Gasteiger charge is 2.22. The molecular formula is C9H10N2O. The molecule has 0 bridgehead atoms. The summed E-state index contributed by atoms with van der Waals surface area (Å²) < 4.78 is 0. The molecule has 1 aromatic rings. The summed E-state index contributed by atoms with van der Waals surface area (Å²) in [6, 6.07) is 5.89. The zero-order valence-corrected chi connectivity index (χ0v) is 6.66. The molecule has 1 saturated heterocycles. The van der Waals surface area contributed by atoms with Crippen molar-refractivity contribution in [3.63, 3.8) is 0 Å². The van der Waals surface area contributed by atoms with Crippen molar-refractivity contribution in [3.05, 3.63) is 30.1 Å². The monoisotopic (exact) mass is 162 g/mol. The van der Waals surface area contributed by atoms with Crippen LogP contribution in [0.15, 0.2) is 24.4 Å². The summed E-state index contributed by atoms with van der Waals surface area (Å²) in [4.78, 5) is 15.1. The van der Waals surface area contributed by atoms with Crippen LogP contribution in [0.25, 0.3) is 0 Å². The van der Waals surface area contributed by atoms with E-state index in [9.17, 15) is 4.79 Å². The fraction of sp³-hybridized carbons (Fsp3) is 0.333. The maximum atomic E-state index is 10.9. The molecular weight excluding hydrogens is 152 g/mol. The average Bonchev–Trinajstić information content (AvgIpc) is 2.54. The van der Waals surface area contributed by atoms with Gasteiger partial charge in [0.1, 0.15) is 0 Å². The van der Waals surface area contributed by atoms with Gasteiger partial charge in [0.25, 0.3) is 0 Å². The minimum absolute atomic E-state index is 0.130. The van der Waals surface area contributed by atoms with Gasteiger partial charge in [-0.25, -0.2) is 0 Å². The van der Waals surface area contributed by atoms with Crippen LogP contribution in [0.1, 0.15) is 24.6 Å². The smallest absolute Gasteiger partial charge is 0.220 e. The Kier molecular flexibility index (Phi) is 1.78. The lowest BCUT2D eigenvalue weighted by Gasteiger charge is -2.07. The summed E-state index contributed by atoms with van der Waals surface area (Å²) in [5.74, 6) is 0.130. The van der Waals surface area contributed by atoms with Crippen molar-refractivity contribution in [2.24, 2.45) is 0 Å². The topological polar surface area (TPSA) is 42.0 Å². The molecule has 0 aliphatic carbocycles. The molecule has 2 rings (SSSR count). The molecule has 1 N–H and O–H groups in total. The van der Waals surface area contributed by atoms with Gasteiger partial charge >= 0.3 is 0 Å². The summed E-state index contributed by atoms with van der Waals surface area (Å²) in [5, 5.41) is 2.87. The molecule has 62 valence electrons. The van der Waals surface area contributed by atoms with E-state index in [1.165, 1.54) is 0 Å². The third kappa shape index (κ3) is 1.30. The van der Waals surface area contributed by atoms with Crippen molar-refractivity contribution in [2.45, 2.75) is 18.9 Å². The molecule has 0 unspecified atom stereocenters. The molecule has 1 fully saturated rings. The molecule has 0 spiro atoms. The zero-order valence-electron chi connectivity index (χ0n) is 6.66. The first-order chi connectivity index (χ1) is 5.86. The van der Waals surface area contributed by atoms with E-state index in [1.807, 2.05) is 18.2 Å². The minimum Gasteiger partial charge on any atom is -0.348 e. The third-order valence-electron chi connectivity index (χ3n) is 2.04. The summed E-state index contributed by atoms with van der Waals surface area (Å²) in [6.45, 7) is 0. The predicted octanol–water partition coefficient (Wildman–Crippen LogP) is 1.03. The van der Waals surface area contributed by atoms with Gasteiger partial charge < -0.3 is 5.32 Å². The number of hydrogen-bond donors (Lipinski definition) is 1. The van der Waals surface area contributed by atoms with E-state index in [0.29, 0.717) is 6.42 Å². The number of nitrogens with zero attached hydrogens (tertiary/aromatic N) is 1. The van der Waals surface area contributed by atoms with Crippen LogP contribution in [-0.2, 0) is 4.79 Å². The van der Waals surface area contributed by atoms with E-state index in [1.54, 1.807) is 6.20 Å². The number of pyridine rings is 1. The molecule has 12 heavy (non-hydrogen) atoms. The first kappa shape index (κ1) is 7.28. The molecule has 3 nitrogen and oxygen atoms in total. The van der Waals surface area contributed by atoms with Crippen LogP contribution < -0.4 is 5.32 Å². The van der Waals surface area contributed by atoms with Crippen molar-refractivity contribution < 1.29 is 4.79 Å². The van der Waals surface area contributed by atoms with Gasteiger partial charge in [0.2, 0.25) is 5.91 Å². The maximum absolute atomic E-state index is 10.9. The fourth-order valence-corrected chi connectivity index (χ4v) is 1.42. The third-order valence-corrected chi connectivity index (χ3v) is 2.04. The molecule has 1 amide bonds. The first-order valence-electron chi connectivity index (χ1n) is 4.06. The van der Waals surface area contributed by atoms with Gasteiger partial charge in [-0.2, -0.15) is 0 Å². The molecule has 1 aliphatic rings. The van der Waals surface area contributed by atoms with Crippen molar-refractivity contribution in [2.75, 3.05) is 0 Å². The Morgan fingerprint density at radius 3 is 3.00 bits per heavy atom. The number of nitrogens with one attached hydrogen (secondary N) is 1. The Hall–Kier alpha value is -1.38. The Bertz CT molecular complexity index is 284. The summed E-state index contributed by atoms with van der Waals surface area (Å²) in [5.41, 5.74) is 0.961. The van der Waals surface area contributed by atoms with Crippen molar-refractivity contribution in [1.29, 1.82) is 0 Å². The Balaban J connectivity index is 2.16.